The molecule has 3 heterocycles. The van der Waals surface area contributed by atoms with Crippen molar-refractivity contribution in [1.29, 1.82) is 0 Å². The van der Waals surface area contributed by atoms with Gasteiger partial charge in [0.25, 0.3) is 5.91 Å². The number of amides is 2. The first-order valence-corrected chi connectivity index (χ1v) is 8.07. The lowest BCUT2D eigenvalue weighted by molar-refractivity contribution is -0.131. The third-order valence-corrected chi connectivity index (χ3v) is 4.39. The number of hydrogen-bond donors (Lipinski definition) is 2. The minimum absolute atomic E-state index is 0.0972. The van der Waals surface area contributed by atoms with Gasteiger partial charge in [-0.15, -0.1) is 0 Å². The van der Waals surface area contributed by atoms with Gasteiger partial charge in [-0.3, -0.25) is 19.7 Å². The van der Waals surface area contributed by atoms with Gasteiger partial charge in [0, 0.05) is 36.6 Å². The van der Waals surface area contributed by atoms with Crippen molar-refractivity contribution in [3.8, 4) is 0 Å². The Bertz CT molecular complexity index is 738. The highest BCUT2D eigenvalue weighted by atomic mass is 16.2. The van der Waals surface area contributed by atoms with Crippen LogP contribution in [0.2, 0.25) is 0 Å². The summed E-state index contributed by atoms with van der Waals surface area (Å²) in [5, 5.41) is 6.80. The van der Waals surface area contributed by atoms with Crippen molar-refractivity contribution in [1.82, 2.24) is 20.1 Å². The third-order valence-electron chi connectivity index (χ3n) is 4.39. The van der Waals surface area contributed by atoms with E-state index in [0.717, 1.165) is 36.3 Å². The zero-order valence-corrected chi connectivity index (χ0v) is 13.7. The first-order valence-electron chi connectivity index (χ1n) is 8.07. The molecule has 2 aromatic heterocycles. The molecule has 1 aliphatic rings. The molecule has 2 amide bonds. The number of nitrogens with zero attached hydrogens (tertiary/aromatic N) is 3. The van der Waals surface area contributed by atoms with E-state index in [1.807, 2.05) is 24.0 Å². The Hall–Kier alpha value is -2.70. The molecule has 0 spiro atoms. The van der Waals surface area contributed by atoms with Gasteiger partial charge < -0.3 is 10.6 Å². The van der Waals surface area contributed by atoms with Gasteiger partial charge in [0.05, 0.1) is 6.42 Å². The van der Waals surface area contributed by atoms with Gasteiger partial charge in [0.1, 0.15) is 5.69 Å². The van der Waals surface area contributed by atoms with Gasteiger partial charge in [0.2, 0.25) is 5.91 Å². The molecule has 1 saturated heterocycles. The molecule has 0 saturated carbocycles. The Morgan fingerprint density at radius 3 is 2.92 bits per heavy atom. The third kappa shape index (κ3) is 3.61. The Kier molecular flexibility index (Phi) is 4.59. The number of H-pyrrole nitrogens is 1. The van der Waals surface area contributed by atoms with Gasteiger partial charge in [-0.05, 0) is 37.5 Å². The Labute approximate surface area is 140 Å². The van der Waals surface area contributed by atoms with Crippen LogP contribution in [0.25, 0.3) is 0 Å². The minimum Gasteiger partial charge on any atom is -0.364 e. The van der Waals surface area contributed by atoms with E-state index in [2.05, 4.69) is 15.2 Å². The highest BCUT2D eigenvalue weighted by molar-refractivity contribution is 5.90. The quantitative estimate of drug-likeness (QED) is 0.879. The van der Waals surface area contributed by atoms with Crippen molar-refractivity contribution >= 4 is 11.8 Å². The number of aromatic amines is 1. The fraction of sp³-hybridized carbons (Fsp3) is 0.412. The van der Waals surface area contributed by atoms with E-state index in [1.54, 1.807) is 12.3 Å². The van der Waals surface area contributed by atoms with Gasteiger partial charge in [-0.25, -0.2) is 0 Å². The second-order valence-electron chi connectivity index (χ2n) is 6.24. The zero-order valence-electron chi connectivity index (χ0n) is 13.7. The van der Waals surface area contributed by atoms with Crippen molar-refractivity contribution < 1.29 is 9.59 Å². The average Bonchev–Trinajstić information content (AvgIpc) is 3.07. The van der Waals surface area contributed by atoms with E-state index in [-0.39, 0.29) is 17.5 Å². The van der Waals surface area contributed by atoms with E-state index in [1.165, 1.54) is 0 Å². The van der Waals surface area contributed by atoms with Gasteiger partial charge in [0.15, 0.2) is 0 Å². The number of nitrogens with two attached hydrogens (primary N) is 1. The highest BCUT2D eigenvalue weighted by Crippen LogP contribution is 2.26. The highest BCUT2D eigenvalue weighted by Gasteiger charge is 2.26. The first-order chi connectivity index (χ1) is 11.5. The molecule has 0 bridgehead atoms. The van der Waals surface area contributed by atoms with Crippen LogP contribution in [0.15, 0.2) is 24.4 Å². The van der Waals surface area contributed by atoms with E-state index in [4.69, 9.17) is 5.73 Å². The summed E-state index contributed by atoms with van der Waals surface area (Å²) in [6.07, 6.45) is 3.99. The molecule has 0 aromatic carbocycles. The number of pyridine rings is 1. The molecule has 0 radical (unpaired) electrons. The number of aromatic nitrogens is 3. The van der Waals surface area contributed by atoms with E-state index in [9.17, 15) is 9.59 Å². The SMILES string of the molecule is Cc1ccc(CC(=O)N2CCCC(c3cc(C(N)=O)n[nH]3)C2)cn1. The molecule has 2 aromatic rings. The van der Waals surface area contributed by atoms with Crippen LogP contribution in [0.1, 0.15) is 46.2 Å². The standard InChI is InChI=1S/C17H21N5O2/c1-11-4-5-12(9-19-11)7-16(23)22-6-2-3-13(10-22)14-8-15(17(18)24)21-20-14/h4-5,8-9,13H,2-3,6-7,10H2,1H3,(H2,18,24)(H,20,21). The van der Waals surface area contributed by atoms with Crippen LogP contribution >= 0.6 is 0 Å². The molecule has 24 heavy (non-hydrogen) atoms. The predicted molar refractivity (Wildman–Crippen MR) is 88.3 cm³/mol. The maximum absolute atomic E-state index is 12.5. The number of likely N-dealkylation sites (tertiary alicyclic amines) is 1. The molecule has 7 heteroatoms. The summed E-state index contributed by atoms with van der Waals surface area (Å²) in [5.41, 5.74) is 8.19. The lowest BCUT2D eigenvalue weighted by atomic mass is 9.94. The topological polar surface area (TPSA) is 105 Å². The number of primary amides is 1. The number of hydrogen-bond acceptors (Lipinski definition) is 4. The number of aryl methyl sites for hydroxylation is 1. The Morgan fingerprint density at radius 1 is 1.42 bits per heavy atom. The zero-order chi connectivity index (χ0) is 17.1. The summed E-state index contributed by atoms with van der Waals surface area (Å²) in [7, 11) is 0. The number of carbonyl (C=O) groups excluding carboxylic acids is 2. The number of piperidine rings is 1. The van der Waals surface area contributed by atoms with Crippen molar-refractivity contribution in [3.05, 3.63) is 47.0 Å². The van der Waals surface area contributed by atoms with E-state index in [0.29, 0.717) is 13.0 Å². The summed E-state index contributed by atoms with van der Waals surface area (Å²) in [4.78, 5) is 29.8. The second kappa shape index (κ2) is 6.82. The monoisotopic (exact) mass is 327 g/mol. The maximum Gasteiger partial charge on any atom is 0.269 e. The van der Waals surface area contributed by atoms with Crippen LogP contribution in [0.5, 0.6) is 0 Å². The summed E-state index contributed by atoms with van der Waals surface area (Å²) in [5.74, 6) is -0.299. The largest absolute Gasteiger partial charge is 0.364 e. The van der Waals surface area contributed by atoms with E-state index < -0.39 is 5.91 Å². The Morgan fingerprint density at radius 2 is 2.25 bits per heavy atom. The number of nitrogens with one attached hydrogen (secondary N) is 1. The van der Waals surface area contributed by atoms with Crippen LogP contribution in [0, 0.1) is 6.92 Å². The molecular formula is C17H21N5O2. The lowest BCUT2D eigenvalue weighted by Crippen LogP contribution is -2.40. The number of carbonyl (C=O) groups is 2. The Balaban J connectivity index is 1.64. The second-order valence-corrected chi connectivity index (χ2v) is 6.24. The summed E-state index contributed by atoms with van der Waals surface area (Å²) in [6, 6.07) is 5.54. The lowest BCUT2D eigenvalue weighted by Gasteiger charge is -2.32. The molecule has 1 aliphatic heterocycles. The van der Waals surface area contributed by atoms with Crippen LogP contribution < -0.4 is 5.73 Å². The van der Waals surface area contributed by atoms with Crippen LogP contribution in [-0.2, 0) is 11.2 Å². The van der Waals surface area contributed by atoms with E-state index >= 15 is 0 Å². The smallest absolute Gasteiger partial charge is 0.269 e. The molecule has 1 unspecified atom stereocenters. The van der Waals surface area contributed by atoms with Crippen LogP contribution in [-0.4, -0.2) is 45.0 Å². The molecular weight excluding hydrogens is 306 g/mol. The summed E-state index contributed by atoms with van der Waals surface area (Å²) in [6.45, 7) is 3.30. The van der Waals surface area contributed by atoms with Crippen molar-refractivity contribution in [2.45, 2.75) is 32.1 Å². The van der Waals surface area contributed by atoms with Crippen LogP contribution in [0.4, 0.5) is 0 Å². The summed E-state index contributed by atoms with van der Waals surface area (Å²) < 4.78 is 0. The molecule has 3 N–H and O–H groups in total. The first kappa shape index (κ1) is 16.2. The normalized spacial score (nSPS) is 17.7. The van der Waals surface area contributed by atoms with Gasteiger partial charge >= 0.3 is 0 Å². The predicted octanol–water partition coefficient (Wildman–Crippen LogP) is 1.16. The molecule has 126 valence electrons. The van der Waals surface area contributed by atoms with Crippen molar-refractivity contribution in [3.63, 3.8) is 0 Å². The van der Waals surface area contributed by atoms with Gasteiger partial charge in [-0.1, -0.05) is 6.07 Å². The fourth-order valence-corrected chi connectivity index (χ4v) is 3.02. The molecule has 3 rings (SSSR count). The summed E-state index contributed by atoms with van der Waals surface area (Å²) >= 11 is 0. The molecule has 1 fully saturated rings. The molecule has 7 nitrogen and oxygen atoms in total. The average molecular weight is 327 g/mol. The fourth-order valence-electron chi connectivity index (χ4n) is 3.02. The molecule has 0 aliphatic carbocycles. The van der Waals surface area contributed by atoms with Crippen LogP contribution in [0.3, 0.4) is 0 Å². The van der Waals surface area contributed by atoms with Crippen molar-refractivity contribution in [2.24, 2.45) is 5.73 Å². The van der Waals surface area contributed by atoms with Crippen molar-refractivity contribution in [2.75, 3.05) is 13.1 Å². The minimum atomic E-state index is -0.548. The maximum atomic E-state index is 12.5. The van der Waals surface area contributed by atoms with Gasteiger partial charge in [-0.2, -0.15) is 5.10 Å². The molecule has 1 atom stereocenters. The number of rotatable bonds is 4.